The number of nitrogens with one attached hydrogen (secondary N) is 1. The number of piperazine rings is 1. The van der Waals surface area contributed by atoms with Crippen LogP contribution in [0.3, 0.4) is 0 Å². The first-order chi connectivity index (χ1) is 14.9. The number of amides is 1. The molecule has 0 saturated carbocycles. The maximum Gasteiger partial charge on any atom is 0.410 e. The van der Waals surface area contributed by atoms with Crippen LogP contribution < -0.4 is 10.2 Å². The van der Waals surface area contributed by atoms with E-state index in [1.807, 2.05) is 51.2 Å². The number of hydrogen-bond donors (Lipinski definition) is 1. The summed E-state index contributed by atoms with van der Waals surface area (Å²) in [6, 6.07) is 7.93. The molecule has 1 N–H and O–H groups in total. The molecule has 0 bridgehead atoms. The van der Waals surface area contributed by atoms with Gasteiger partial charge >= 0.3 is 6.09 Å². The van der Waals surface area contributed by atoms with Crippen molar-refractivity contribution in [1.82, 2.24) is 19.9 Å². The average molecular weight is 439 g/mol. The molecule has 0 radical (unpaired) electrons. The molecule has 1 fully saturated rings. The third kappa shape index (κ3) is 5.49. The SMILES string of the molecule is CC(C)(C)OC(=O)N1CCN(c2ccnc(Nc3ncc(-c4ccncc4)s3)c2)CC1. The van der Waals surface area contributed by atoms with E-state index in [0.717, 1.165) is 40.2 Å². The highest BCUT2D eigenvalue weighted by Gasteiger charge is 2.26. The molecule has 0 atom stereocenters. The Morgan fingerprint density at radius 1 is 1.06 bits per heavy atom. The number of nitrogens with zero attached hydrogens (tertiary/aromatic N) is 5. The van der Waals surface area contributed by atoms with Crippen LogP contribution in [0.2, 0.25) is 0 Å². The Labute approximate surface area is 185 Å². The topological polar surface area (TPSA) is 83.5 Å². The van der Waals surface area contributed by atoms with Gasteiger partial charge in [-0.1, -0.05) is 11.3 Å². The molecule has 31 heavy (non-hydrogen) atoms. The molecule has 1 aliphatic heterocycles. The van der Waals surface area contributed by atoms with E-state index in [4.69, 9.17) is 4.74 Å². The van der Waals surface area contributed by atoms with Gasteiger partial charge in [0.1, 0.15) is 11.4 Å². The van der Waals surface area contributed by atoms with E-state index in [1.54, 1.807) is 34.8 Å². The molecule has 1 amide bonds. The Hall–Kier alpha value is -3.20. The molecule has 1 aliphatic rings. The number of thiazole rings is 1. The summed E-state index contributed by atoms with van der Waals surface area (Å²) in [6.07, 6.45) is 6.93. The summed E-state index contributed by atoms with van der Waals surface area (Å²) in [5.41, 5.74) is 1.67. The largest absolute Gasteiger partial charge is 0.444 e. The molecule has 0 aliphatic carbocycles. The van der Waals surface area contributed by atoms with Crippen molar-refractivity contribution in [3.63, 3.8) is 0 Å². The van der Waals surface area contributed by atoms with Crippen molar-refractivity contribution >= 4 is 34.1 Å². The molecule has 8 nitrogen and oxygen atoms in total. The smallest absolute Gasteiger partial charge is 0.410 e. The Bertz CT molecular complexity index is 1030. The lowest BCUT2D eigenvalue weighted by molar-refractivity contribution is 0.0240. The van der Waals surface area contributed by atoms with Crippen LogP contribution in [0.25, 0.3) is 10.4 Å². The zero-order valence-electron chi connectivity index (χ0n) is 17.9. The van der Waals surface area contributed by atoms with Crippen molar-refractivity contribution in [1.29, 1.82) is 0 Å². The van der Waals surface area contributed by atoms with Gasteiger partial charge in [0, 0.05) is 62.7 Å². The zero-order chi connectivity index (χ0) is 21.8. The van der Waals surface area contributed by atoms with Crippen LogP contribution in [0, 0.1) is 0 Å². The lowest BCUT2D eigenvalue weighted by Crippen LogP contribution is -2.50. The number of hydrogen-bond acceptors (Lipinski definition) is 8. The molecule has 0 unspecified atom stereocenters. The maximum atomic E-state index is 12.3. The van der Waals surface area contributed by atoms with Crippen LogP contribution in [-0.4, -0.2) is 57.7 Å². The summed E-state index contributed by atoms with van der Waals surface area (Å²) in [7, 11) is 0. The van der Waals surface area contributed by atoms with Gasteiger partial charge in [0.15, 0.2) is 5.13 Å². The van der Waals surface area contributed by atoms with Gasteiger partial charge in [-0.2, -0.15) is 0 Å². The highest BCUT2D eigenvalue weighted by Crippen LogP contribution is 2.30. The number of carbonyl (C=O) groups excluding carboxylic acids is 1. The molecule has 3 aromatic heterocycles. The van der Waals surface area contributed by atoms with Gasteiger partial charge in [-0.25, -0.2) is 14.8 Å². The van der Waals surface area contributed by atoms with E-state index in [-0.39, 0.29) is 6.09 Å². The second-order valence-electron chi connectivity index (χ2n) is 8.24. The monoisotopic (exact) mass is 438 g/mol. The maximum absolute atomic E-state index is 12.3. The second kappa shape index (κ2) is 8.89. The zero-order valence-corrected chi connectivity index (χ0v) is 18.7. The summed E-state index contributed by atoms with van der Waals surface area (Å²) in [6.45, 7) is 8.39. The van der Waals surface area contributed by atoms with Crippen molar-refractivity contribution in [2.24, 2.45) is 0 Å². The van der Waals surface area contributed by atoms with Crippen molar-refractivity contribution < 1.29 is 9.53 Å². The fourth-order valence-corrected chi connectivity index (χ4v) is 4.08. The van der Waals surface area contributed by atoms with E-state index in [1.165, 1.54) is 0 Å². The normalized spacial score (nSPS) is 14.4. The van der Waals surface area contributed by atoms with E-state index in [9.17, 15) is 4.79 Å². The van der Waals surface area contributed by atoms with Crippen LogP contribution >= 0.6 is 11.3 Å². The number of carbonyl (C=O) groups is 1. The third-order valence-electron chi connectivity index (χ3n) is 4.75. The molecule has 0 aromatic carbocycles. The first kappa shape index (κ1) is 21.0. The molecular weight excluding hydrogens is 412 g/mol. The molecular formula is C22H26N6O2S. The second-order valence-corrected chi connectivity index (χ2v) is 9.27. The summed E-state index contributed by atoms with van der Waals surface area (Å²) < 4.78 is 5.48. The van der Waals surface area contributed by atoms with Crippen molar-refractivity contribution in [3.05, 3.63) is 49.1 Å². The van der Waals surface area contributed by atoms with Gasteiger partial charge in [0.05, 0.1) is 4.88 Å². The van der Waals surface area contributed by atoms with Crippen LogP contribution in [0.5, 0.6) is 0 Å². The summed E-state index contributed by atoms with van der Waals surface area (Å²) in [4.78, 5) is 30.3. The number of aromatic nitrogens is 3. The number of rotatable bonds is 4. The number of pyridine rings is 2. The van der Waals surface area contributed by atoms with Gasteiger partial charge in [-0.3, -0.25) is 4.98 Å². The molecule has 162 valence electrons. The molecule has 4 heterocycles. The summed E-state index contributed by atoms with van der Waals surface area (Å²) in [5, 5.41) is 4.08. The van der Waals surface area contributed by atoms with Gasteiger partial charge in [-0.05, 0) is 44.5 Å². The van der Waals surface area contributed by atoms with E-state index in [0.29, 0.717) is 13.1 Å². The summed E-state index contributed by atoms with van der Waals surface area (Å²) >= 11 is 1.57. The Morgan fingerprint density at radius 3 is 2.52 bits per heavy atom. The fraction of sp³-hybridized carbons (Fsp3) is 0.364. The number of ether oxygens (including phenoxy) is 1. The van der Waals surface area contributed by atoms with Crippen LogP contribution in [0.1, 0.15) is 20.8 Å². The van der Waals surface area contributed by atoms with Crippen LogP contribution in [0.4, 0.5) is 21.4 Å². The van der Waals surface area contributed by atoms with Gasteiger partial charge in [0.2, 0.25) is 0 Å². The third-order valence-corrected chi connectivity index (χ3v) is 5.71. The van der Waals surface area contributed by atoms with Gasteiger partial charge in [0.25, 0.3) is 0 Å². The van der Waals surface area contributed by atoms with Gasteiger partial charge in [-0.15, -0.1) is 0 Å². The van der Waals surface area contributed by atoms with Crippen LogP contribution in [0.15, 0.2) is 49.1 Å². The molecule has 1 saturated heterocycles. The lowest BCUT2D eigenvalue weighted by atomic mass is 10.2. The molecule has 0 spiro atoms. The predicted octanol–water partition coefficient (Wildman–Crippen LogP) is 4.40. The molecule has 3 aromatic rings. The Morgan fingerprint density at radius 2 is 1.81 bits per heavy atom. The Kier molecular flexibility index (Phi) is 6.03. The first-order valence-electron chi connectivity index (χ1n) is 10.2. The minimum atomic E-state index is -0.479. The Balaban J connectivity index is 1.37. The predicted molar refractivity (Wildman–Crippen MR) is 123 cm³/mol. The lowest BCUT2D eigenvalue weighted by Gasteiger charge is -2.36. The van der Waals surface area contributed by atoms with Crippen molar-refractivity contribution in [2.45, 2.75) is 26.4 Å². The average Bonchev–Trinajstić information content (AvgIpc) is 3.22. The molecule has 4 rings (SSSR count). The van der Waals surface area contributed by atoms with E-state index < -0.39 is 5.60 Å². The fourth-order valence-electron chi connectivity index (χ4n) is 3.25. The quantitative estimate of drug-likeness (QED) is 0.646. The summed E-state index contributed by atoms with van der Waals surface area (Å²) in [5.74, 6) is 0.739. The highest BCUT2D eigenvalue weighted by molar-refractivity contribution is 7.18. The highest BCUT2D eigenvalue weighted by atomic mass is 32.1. The van der Waals surface area contributed by atoms with E-state index in [2.05, 4.69) is 25.2 Å². The van der Waals surface area contributed by atoms with E-state index >= 15 is 0 Å². The van der Waals surface area contributed by atoms with Gasteiger partial charge < -0.3 is 19.9 Å². The van der Waals surface area contributed by atoms with Crippen molar-refractivity contribution in [3.8, 4) is 10.4 Å². The standard InChI is InChI=1S/C22H26N6O2S/c1-22(2,3)30-21(29)28-12-10-27(11-13-28)17-6-9-24-19(14-17)26-20-25-15-18(31-20)16-4-7-23-8-5-16/h4-9,14-15H,10-13H2,1-3H3,(H,24,25,26). The van der Waals surface area contributed by atoms with Crippen molar-refractivity contribution in [2.75, 3.05) is 36.4 Å². The minimum Gasteiger partial charge on any atom is -0.444 e. The minimum absolute atomic E-state index is 0.252. The molecule has 9 heteroatoms. The first-order valence-corrected chi connectivity index (χ1v) is 11.0. The van der Waals surface area contributed by atoms with Crippen LogP contribution in [-0.2, 0) is 4.74 Å². The number of anilines is 3.